The molecule has 0 aromatic heterocycles. The van der Waals surface area contributed by atoms with Gasteiger partial charge < -0.3 is 20.2 Å². The van der Waals surface area contributed by atoms with E-state index >= 15 is 0 Å². The Morgan fingerprint density at radius 2 is 1.65 bits per heavy atom. The van der Waals surface area contributed by atoms with E-state index in [2.05, 4.69) is 5.32 Å². The summed E-state index contributed by atoms with van der Waals surface area (Å²) in [5.74, 6) is -1.49. The molecule has 0 aromatic carbocycles. The van der Waals surface area contributed by atoms with E-state index in [9.17, 15) is 19.5 Å². The molecule has 3 unspecified atom stereocenters. The average Bonchev–Trinajstić information content (AvgIpc) is 3.14. The summed E-state index contributed by atoms with van der Waals surface area (Å²) in [6.07, 6.45) is 7.37. The van der Waals surface area contributed by atoms with Crippen molar-refractivity contribution in [3.8, 4) is 0 Å². The molecular formula is C19H31N3O4. The zero-order chi connectivity index (χ0) is 18.7. The zero-order valence-corrected chi connectivity index (χ0v) is 15.7. The van der Waals surface area contributed by atoms with Gasteiger partial charge >= 0.3 is 12.0 Å². The monoisotopic (exact) mass is 365 g/mol. The molecule has 3 rings (SSSR count). The first-order valence-electron chi connectivity index (χ1n) is 10.0. The van der Waals surface area contributed by atoms with Gasteiger partial charge in [0.25, 0.3) is 0 Å². The van der Waals surface area contributed by atoms with Crippen LogP contribution in [0.1, 0.15) is 58.3 Å². The summed E-state index contributed by atoms with van der Waals surface area (Å²) in [5.41, 5.74) is 0. The Bertz CT molecular complexity index is 547. The Kier molecular flexibility index (Phi) is 6.04. The van der Waals surface area contributed by atoms with E-state index in [-0.39, 0.29) is 29.9 Å². The number of likely N-dealkylation sites (tertiary alicyclic amines) is 2. The highest BCUT2D eigenvalue weighted by Gasteiger charge is 2.37. The van der Waals surface area contributed by atoms with Gasteiger partial charge in [-0.25, -0.2) is 4.79 Å². The number of carbonyl (C=O) groups is 3. The van der Waals surface area contributed by atoms with Gasteiger partial charge in [-0.2, -0.15) is 0 Å². The van der Waals surface area contributed by atoms with Crippen LogP contribution in [-0.4, -0.2) is 64.5 Å². The number of carboxylic acids is 1. The lowest BCUT2D eigenvalue weighted by Crippen LogP contribution is -2.54. The number of piperidine rings is 2. The van der Waals surface area contributed by atoms with Gasteiger partial charge in [-0.15, -0.1) is 0 Å². The molecule has 0 spiro atoms. The Labute approximate surface area is 155 Å². The third-order valence-electron chi connectivity index (χ3n) is 6.25. The lowest BCUT2D eigenvalue weighted by molar-refractivity contribution is -0.149. The van der Waals surface area contributed by atoms with E-state index in [1.165, 1.54) is 12.8 Å². The topological polar surface area (TPSA) is 90.0 Å². The summed E-state index contributed by atoms with van der Waals surface area (Å²) in [4.78, 5) is 40.4. The molecule has 146 valence electrons. The van der Waals surface area contributed by atoms with Gasteiger partial charge in [0.1, 0.15) is 0 Å². The van der Waals surface area contributed by atoms with Gasteiger partial charge in [-0.05, 0) is 45.4 Å². The molecule has 2 aliphatic heterocycles. The van der Waals surface area contributed by atoms with Gasteiger partial charge in [-0.3, -0.25) is 9.59 Å². The minimum Gasteiger partial charge on any atom is -0.481 e. The maximum atomic E-state index is 13.0. The molecule has 2 saturated heterocycles. The number of amides is 3. The number of aliphatic carboxylic acids is 1. The second-order valence-corrected chi connectivity index (χ2v) is 8.17. The molecule has 2 N–H and O–H groups in total. The van der Waals surface area contributed by atoms with Crippen LogP contribution in [0.25, 0.3) is 0 Å². The lowest BCUT2D eigenvalue weighted by atomic mass is 9.90. The van der Waals surface area contributed by atoms with E-state index in [1.807, 2.05) is 6.92 Å². The van der Waals surface area contributed by atoms with Crippen molar-refractivity contribution in [3.05, 3.63) is 0 Å². The predicted molar refractivity (Wildman–Crippen MR) is 96.6 cm³/mol. The number of carboxylic acid groups (broad SMARTS) is 1. The van der Waals surface area contributed by atoms with Crippen LogP contribution < -0.4 is 5.32 Å². The molecule has 0 radical (unpaired) electrons. The number of rotatable bonds is 3. The van der Waals surface area contributed by atoms with Crippen molar-refractivity contribution in [3.63, 3.8) is 0 Å². The predicted octanol–water partition coefficient (Wildman–Crippen LogP) is 2.06. The second-order valence-electron chi connectivity index (χ2n) is 8.17. The van der Waals surface area contributed by atoms with Crippen molar-refractivity contribution in [1.82, 2.24) is 15.1 Å². The molecule has 26 heavy (non-hydrogen) atoms. The van der Waals surface area contributed by atoms with Crippen LogP contribution in [0.3, 0.4) is 0 Å². The Morgan fingerprint density at radius 1 is 0.923 bits per heavy atom. The minimum absolute atomic E-state index is 0.0156. The molecular weight excluding hydrogens is 334 g/mol. The molecule has 1 saturated carbocycles. The number of hydrogen-bond donors (Lipinski definition) is 2. The summed E-state index contributed by atoms with van der Waals surface area (Å²) in [7, 11) is 0. The molecule has 0 aromatic rings. The molecule has 3 aliphatic rings. The van der Waals surface area contributed by atoms with Crippen LogP contribution in [0.15, 0.2) is 0 Å². The molecule has 2 heterocycles. The van der Waals surface area contributed by atoms with Crippen LogP contribution in [0, 0.1) is 11.8 Å². The van der Waals surface area contributed by atoms with Crippen molar-refractivity contribution in [1.29, 1.82) is 0 Å². The van der Waals surface area contributed by atoms with Crippen molar-refractivity contribution >= 4 is 17.9 Å². The Hall–Kier alpha value is -1.79. The van der Waals surface area contributed by atoms with Gasteiger partial charge in [0.2, 0.25) is 5.91 Å². The smallest absolute Gasteiger partial charge is 0.317 e. The number of carbonyl (C=O) groups excluding carboxylic acids is 2. The highest BCUT2D eigenvalue weighted by Crippen LogP contribution is 2.27. The highest BCUT2D eigenvalue weighted by atomic mass is 16.4. The van der Waals surface area contributed by atoms with E-state index in [1.54, 1.807) is 9.80 Å². The van der Waals surface area contributed by atoms with Crippen LogP contribution in [0.2, 0.25) is 0 Å². The van der Waals surface area contributed by atoms with Crippen molar-refractivity contribution < 1.29 is 19.5 Å². The number of nitrogens with one attached hydrogen (secondary N) is 1. The summed E-state index contributed by atoms with van der Waals surface area (Å²) >= 11 is 0. The minimum atomic E-state index is -0.823. The third-order valence-corrected chi connectivity index (χ3v) is 6.25. The number of urea groups is 1. The molecule has 3 amide bonds. The highest BCUT2D eigenvalue weighted by molar-refractivity contribution is 5.82. The molecule has 3 fully saturated rings. The van der Waals surface area contributed by atoms with Crippen molar-refractivity contribution in [2.45, 2.75) is 70.4 Å². The maximum Gasteiger partial charge on any atom is 0.317 e. The van der Waals surface area contributed by atoms with E-state index in [4.69, 9.17) is 0 Å². The lowest BCUT2D eigenvalue weighted by Gasteiger charge is -2.41. The number of hydrogen-bond acceptors (Lipinski definition) is 3. The summed E-state index contributed by atoms with van der Waals surface area (Å²) in [6.45, 7) is 3.41. The first kappa shape index (κ1) is 19.0. The van der Waals surface area contributed by atoms with Gasteiger partial charge in [-0.1, -0.05) is 12.8 Å². The van der Waals surface area contributed by atoms with E-state index in [0.717, 1.165) is 32.1 Å². The number of nitrogens with zero attached hydrogens (tertiary/aromatic N) is 2. The van der Waals surface area contributed by atoms with Gasteiger partial charge in [0.15, 0.2) is 0 Å². The summed E-state index contributed by atoms with van der Waals surface area (Å²) < 4.78 is 0. The van der Waals surface area contributed by atoms with Crippen LogP contribution in [0.4, 0.5) is 4.79 Å². The standard InChI is InChI=1S/C19H31N3O4/c1-13-8-9-15(18(24)25)12-22(13)17(23)14-5-4-10-21(11-14)19(26)20-16-6-2-3-7-16/h13-16H,2-12H2,1H3,(H,20,26)(H,24,25). The van der Waals surface area contributed by atoms with Crippen LogP contribution in [0.5, 0.6) is 0 Å². The second kappa shape index (κ2) is 8.27. The normalized spacial score (nSPS) is 30.3. The summed E-state index contributed by atoms with van der Waals surface area (Å²) in [5, 5.41) is 12.4. The average molecular weight is 365 g/mol. The molecule has 7 heteroatoms. The van der Waals surface area contributed by atoms with Crippen LogP contribution >= 0.6 is 0 Å². The van der Waals surface area contributed by atoms with Gasteiger partial charge in [0, 0.05) is 31.7 Å². The Balaban J connectivity index is 1.58. The van der Waals surface area contributed by atoms with Crippen molar-refractivity contribution in [2.24, 2.45) is 11.8 Å². The fourth-order valence-electron chi connectivity index (χ4n) is 4.55. The SMILES string of the molecule is CC1CCC(C(=O)O)CN1C(=O)C1CCCN(C(=O)NC2CCCC2)C1. The molecule has 1 aliphatic carbocycles. The van der Waals surface area contributed by atoms with Crippen molar-refractivity contribution in [2.75, 3.05) is 19.6 Å². The quantitative estimate of drug-likeness (QED) is 0.801. The van der Waals surface area contributed by atoms with E-state index in [0.29, 0.717) is 26.1 Å². The van der Waals surface area contributed by atoms with Gasteiger partial charge in [0.05, 0.1) is 11.8 Å². The third kappa shape index (κ3) is 4.30. The van der Waals surface area contributed by atoms with Crippen LogP contribution in [-0.2, 0) is 9.59 Å². The fourth-order valence-corrected chi connectivity index (χ4v) is 4.55. The first-order valence-corrected chi connectivity index (χ1v) is 10.0. The summed E-state index contributed by atoms with van der Waals surface area (Å²) in [6, 6.07) is 0.294. The maximum absolute atomic E-state index is 13.0. The molecule has 3 atom stereocenters. The van der Waals surface area contributed by atoms with E-state index < -0.39 is 11.9 Å². The molecule has 0 bridgehead atoms. The Morgan fingerprint density at radius 3 is 2.35 bits per heavy atom. The largest absolute Gasteiger partial charge is 0.481 e. The zero-order valence-electron chi connectivity index (χ0n) is 15.7. The molecule has 7 nitrogen and oxygen atoms in total. The fraction of sp³-hybridized carbons (Fsp3) is 0.842. The first-order chi connectivity index (χ1) is 12.5.